The monoisotopic (exact) mass is 636 g/mol. The molecule has 0 spiro atoms. The summed E-state index contributed by atoms with van der Waals surface area (Å²) in [4.78, 5) is 0. The average Bonchev–Trinajstić information content (AvgIpc) is 3.48. The summed E-state index contributed by atoms with van der Waals surface area (Å²) in [5, 5.41) is 17.4. The van der Waals surface area contributed by atoms with Crippen molar-refractivity contribution in [1.29, 1.82) is 0 Å². The van der Waals surface area contributed by atoms with Crippen LogP contribution in [0.25, 0.3) is 87.2 Å². The van der Waals surface area contributed by atoms with Crippen LogP contribution in [0.4, 0.5) is 0 Å². The maximum absolute atomic E-state index is 2.39. The van der Waals surface area contributed by atoms with Gasteiger partial charge in [-0.2, -0.15) is 0 Å². The molecule has 0 atom stereocenters. The largest absolute Gasteiger partial charge is 0.0622 e. The molecule has 0 saturated carbocycles. The molecule has 0 unspecified atom stereocenters. The van der Waals surface area contributed by atoms with Crippen LogP contribution in [0.3, 0.4) is 0 Å². The number of fused-ring (bicyclic) bond motifs is 4. The Labute approximate surface area is 286 Å². The Hall–Kier alpha value is -5.81. The lowest BCUT2D eigenvalue weighted by Gasteiger charge is -2.23. The predicted octanol–water partition coefficient (Wildman–Crippen LogP) is 12.0. The first-order chi connectivity index (χ1) is 24.3. The lowest BCUT2D eigenvalue weighted by Crippen LogP contribution is -2.21. The Morgan fingerprint density at radius 1 is 0.265 bits per heavy atom. The minimum atomic E-state index is -0.733. The van der Waals surface area contributed by atoms with Gasteiger partial charge in [0.05, 0.1) is 0 Å². The highest BCUT2D eigenvalue weighted by atomic mass is 31.1. The third kappa shape index (κ3) is 3.90. The Balaban J connectivity index is 1.16. The molecule has 0 nitrogen and oxygen atoms in total. The van der Waals surface area contributed by atoms with E-state index in [9.17, 15) is 0 Å². The second-order valence-corrected chi connectivity index (χ2v) is 15.4. The van der Waals surface area contributed by atoms with Gasteiger partial charge in [0.15, 0.2) is 0 Å². The molecule has 0 saturated heterocycles. The zero-order valence-electron chi connectivity index (χ0n) is 26.7. The molecule has 10 aromatic rings. The molecule has 49 heavy (non-hydrogen) atoms. The van der Waals surface area contributed by atoms with Crippen LogP contribution in [0.2, 0.25) is 0 Å². The van der Waals surface area contributed by atoms with Gasteiger partial charge in [-0.15, -0.1) is 0 Å². The third-order valence-corrected chi connectivity index (χ3v) is 13.2. The molecule has 0 heterocycles. The van der Waals surface area contributed by atoms with Gasteiger partial charge in [-0.1, -0.05) is 164 Å². The van der Waals surface area contributed by atoms with Crippen LogP contribution in [-0.2, 0) is 0 Å². The zero-order valence-corrected chi connectivity index (χ0v) is 27.6. The maximum atomic E-state index is 2.39. The molecular weight excluding hydrogens is 608 g/mol. The van der Waals surface area contributed by atoms with E-state index >= 15 is 0 Å². The van der Waals surface area contributed by atoms with E-state index in [0.717, 1.165) is 0 Å². The van der Waals surface area contributed by atoms with Gasteiger partial charge in [0.2, 0.25) is 0 Å². The molecule has 1 aliphatic rings. The summed E-state index contributed by atoms with van der Waals surface area (Å²) in [6.07, 6.45) is 0. The molecular formula is C48H29P. The second-order valence-electron chi connectivity index (χ2n) is 13.3. The van der Waals surface area contributed by atoms with Crippen LogP contribution in [0.5, 0.6) is 0 Å². The third-order valence-electron chi connectivity index (χ3n) is 10.7. The first-order valence-electron chi connectivity index (χ1n) is 17.0. The maximum Gasteiger partial charge on any atom is -0.00199 e. The number of benzene rings is 10. The smallest absolute Gasteiger partial charge is 0.00199 e. The van der Waals surface area contributed by atoms with Crippen molar-refractivity contribution in [3.63, 3.8) is 0 Å². The van der Waals surface area contributed by atoms with Gasteiger partial charge in [-0.3, -0.25) is 0 Å². The minimum Gasteiger partial charge on any atom is -0.0622 e. The predicted molar refractivity (Wildman–Crippen MR) is 214 cm³/mol. The van der Waals surface area contributed by atoms with Gasteiger partial charge in [0.25, 0.3) is 0 Å². The second kappa shape index (κ2) is 10.3. The lowest BCUT2D eigenvalue weighted by atomic mass is 9.87. The highest BCUT2D eigenvalue weighted by molar-refractivity contribution is 7.80. The van der Waals surface area contributed by atoms with Crippen molar-refractivity contribution in [3.8, 4) is 33.4 Å². The molecule has 226 valence electrons. The van der Waals surface area contributed by atoms with Gasteiger partial charge >= 0.3 is 0 Å². The van der Waals surface area contributed by atoms with E-state index in [1.165, 1.54) is 103 Å². The first-order valence-corrected chi connectivity index (χ1v) is 18.4. The molecule has 0 aromatic heterocycles. The van der Waals surface area contributed by atoms with Crippen molar-refractivity contribution in [2.24, 2.45) is 0 Å². The fourth-order valence-electron chi connectivity index (χ4n) is 8.57. The summed E-state index contributed by atoms with van der Waals surface area (Å²) in [5.74, 6) is 0. The SMILES string of the molecule is c1ccc(P(c2ccccc2)c2ccc3ccc4c(-c5ccc6c7c(cccc57)-c5cc7ccccc7cc5-6)ccc5ccc2c3c54)cc1. The van der Waals surface area contributed by atoms with Crippen LogP contribution in [0.15, 0.2) is 176 Å². The van der Waals surface area contributed by atoms with Crippen LogP contribution in [-0.4, -0.2) is 0 Å². The van der Waals surface area contributed by atoms with Crippen molar-refractivity contribution >= 4 is 77.7 Å². The Morgan fingerprint density at radius 3 is 1.43 bits per heavy atom. The van der Waals surface area contributed by atoms with Crippen molar-refractivity contribution in [1.82, 2.24) is 0 Å². The summed E-state index contributed by atoms with van der Waals surface area (Å²) in [6, 6.07) is 66.1. The zero-order chi connectivity index (χ0) is 32.1. The molecule has 10 aromatic carbocycles. The summed E-state index contributed by atoms with van der Waals surface area (Å²) in [5.41, 5.74) is 7.96. The molecule has 0 N–H and O–H groups in total. The van der Waals surface area contributed by atoms with Gasteiger partial charge < -0.3 is 0 Å². The standard InChI is InChI=1S/C48H29P/c1-3-12-34(13-4-1)49(35-14-5-2-6-15-35)45-27-21-31-19-23-40-36(22-18-30-20-24-42(45)47(31)46(30)40)37-25-26-41-44-29-33-11-8-7-10-32(33)28-43(44)39-17-9-16-38(37)48(39)41/h1-29H. The van der Waals surface area contributed by atoms with Gasteiger partial charge in [-0.05, 0) is 123 Å². The normalized spacial score (nSPS) is 12.3. The molecule has 1 heteroatoms. The van der Waals surface area contributed by atoms with E-state index in [1.807, 2.05) is 0 Å². The number of hydrogen-bond donors (Lipinski definition) is 0. The molecule has 0 radical (unpaired) electrons. The quantitative estimate of drug-likeness (QED) is 0.133. The van der Waals surface area contributed by atoms with E-state index in [0.29, 0.717) is 0 Å². The molecule has 0 amide bonds. The van der Waals surface area contributed by atoms with Gasteiger partial charge in [0, 0.05) is 0 Å². The number of rotatable bonds is 4. The average molecular weight is 637 g/mol. The summed E-state index contributed by atoms with van der Waals surface area (Å²) >= 11 is 0. The van der Waals surface area contributed by atoms with E-state index < -0.39 is 7.92 Å². The van der Waals surface area contributed by atoms with E-state index in [-0.39, 0.29) is 0 Å². The molecule has 0 fully saturated rings. The Bertz CT molecular complexity index is 2830. The van der Waals surface area contributed by atoms with Crippen molar-refractivity contribution in [2.75, 3.05) is 0 Å². The van der Waals surface area contributed by atoms with Gasteiger partial charge in [-0.25, -0.2) is 0 Å². The molecule has 11 rings (SSSR count). The lowest BCUT2D eigenvalue weighted by molar-refractivity contribution is 1.71. The van der Waals surface area contributed by atoms with E-state index in [2.05, 4.69) is 176 Å². The van der Waals surface area contributed by atoms with Crippen molar-refractivity contribution in [3.05, 3.63) is 176 Å². The molecule has 0 bridgehead atoms. The summed E-state index contributed by atoms with van der Waals surface area (Å²) in [6.45, 7) is 0. The highest BCUT2D eigenvalue weighted by Crippen LogP contribution is 2.51. The van der Waals surface area contributed by atoms with Crippen LogP contribution in [0.1, 0.15) is 0 Å². The molecule has 1 aliphatic carbocycles. The highest BCUT2D eigenvalue weighted by Gasteiger charge is 2.25. The summed E-state index contributed by atoms with van der Waals surface area (Å²) < 4.78 is 0. The summed E-state index contributed by atoms with van der Waals surface area (Å²) in [7, 11) is -0.733. The topological polar surface area (TPSA) is 0 Å². The van der Waals surface area contributed by atoms with Crippen molar-refractivity contribution < 1.29 is 0 Å². The number of hydrogen-bond acceptors (Lipinski definition) is 0. The molecule has 0 aliphatic heterocycles. The van der Waals surface area contributed by atoms with E-state index in [4.69, 9.17) is 0 Å². The van der Waals surface area contributed by atoms with Gasteiger partial charge in [0.1, 0.15) is 0 Å². The van der Waals surface area contributed by atoms with Crippen LogP contribution in [0, 0.1) is 0 Å². The van der Waals surface area contributed by atoms with Crippen LogP contribution < -0.4 is 15.9 Å². The minimum absolute atomic E-state index is 0.733. The fourth-order valence-corrected chi connectivity index (χ4v) is 11.0. The van der Waals surface area contributed by atoms with Crippen molar-refractivity contribution in [2.45, 2.75) is 0 Å². The van der Waals surface area contributed by atoms with Crippen LogP contribution >= 0.6 is 7.92 Å². The first kappa shape index (κ1) is 27.2. The Morgan fingerprint density at radius 2 is 0.755 bits per heavy atom. The Kier molecular flexibility index (Phi) is 5.74. The van der Waals surface area contributed by atoms with E-state index in [1.54, 1.807) is 0 Å². The fraction of sp³-hybridized carbons (Fsp3) is 0.